The predicted octanol–water partition coefficient (Wildman–Crippen LogP) is 3.97. The van der Waals surface area contributed by atoms with Crippen LogP contribution in [0.25, 0.3) is 0 Å². The normalized spacial score (nSPS) is 19.6. The Balaban J connectivity index is 1.80. The van der Waals surface area contributed by atoms with Crippen LogP contribution >= 0.6 is 0 Å². The van der Waals surface area contributed by atoms with Gasteiger partial charge in [0, 0.05) is 24.4 Å². The third-order valence-corrected chi connectivity index (χ3v) is 6.78. The second kappa shape index (κ2) is 9.25. The molecule has 0 bridgehead atoms. The standard InChI is InChI=1S/C26H22F3N3O4/c1-2-20(34)36-25-19(33)13-30-32-23(18-10-5-11-31(18)26(35)24(25)32)21(14-6-3-7-15(27)12-14)16-8-4-9-17(28)22(16)29/h3-4,6-9,12-13,18,21,23H,2,5,10-11H2,1H3/t18-,21-,23-/m1/s1. The molecule has 5 rings (SSSR count). The second-order valence-electron chi connectivity index (χ2n) is 8.83. The first-order valence-electron chi connectivity index (χ1n) is 11.6. The van der Waals surface area contributed by atoms with Crippen LogP contribution in [-0.4, -0.2) is 39.1 Å². The molecule has 2 aliphatic rings. The summed E-state index contributed by atoms with van der Waals surface area (Å²) in [4.78, 5) is 39.8. The Morgan fingerprint density at radius 2 is 1.94 bits per heavy atom. The molecule has 186 valence electrons. The Hall–Kier alpha value is -3.95. The SMILES string of the molecule is CCC(=O)Oc1c2n(ncc1=O)[C@@H]([C@H](c1cccc(F)c1)c1cccc(F)c1F)[C@H]1CCCN1C2=O. The number of aromatic nitrogens is 2. The minimum atomic E-state index is -1.10. The van der Waals surface area contributed by atoms with Crippen molar-refractivity contribution in [3.8, 4) is 5.75 Å². The monoisotopic (exact) mass is 497 g/mol. The minimum Gasteiger partial charge on any atom is -0.420 e. The summed E-state index contributed by atoms with van der Waals surface area (Å²) in [6.07, 6.45) is 2.04. The van der Waals surface area contributed by atoms with Gasteiger partial charge in [0.25, 0.3) is 5.91 Å². The summed E-state index contributed by atoms with van der Waals surface area (Å²) < 4.78 is 50.5. The van der Waals surface area contributed by atoms with E-state index >= 15 is 4.39 Å². The highest BCUT2D eigenvalue weighted by atomic mass is 19.2. The van der Waals surface area contributed by atoms with E-state index in [0.29, 0.717) is 24.9 Å². The van der Waals surface area contributed by atoms with E-state index in [0.717, 1.165) is 12.3 Å². The van der Waals surface area contributed by atoms with Gasteiger partial charge in [-0.2, -0.15) is 5.10 Å². The van der Waals surface area contributed by atoms with Crippen LogP contribution in [-0.2, 0) is 4.79 Å². The Morgan fingerprint density at radius 1 is 1.17 bits per heavy atom. The molecule has 0 aliphatic carbocycles. The largest absolute Gasteiger partial charge is 0.420 e. The summed E-state index contributed by atoms with van der Waals surface area (Å²) in [6.45, 7) is 1.90. The number of halogens is 3. The van der Waals surface area contributed by atoms with Crippen molar-refractivity contribution in [2.75, 3.05) is 6.54 Å². The van der Waals surface area contributed by atoms with E-state index in [-0.39, 0.29) is 17.7 Å². The van der Waals surface area contributed by atoms with Crippen LogP contribution in [0.4, 0.5) is 13.2 Å². The summed E-state index contributed by atoms with van der Waals surface area (Å²) in [5, 5.41) is 4.21. The number of benzene rings is 2. The van der Waals surface area contributed by atoms with Gasteiger partial charge in [-0.15, -0.1) is 0 Å². The van der Waals surface area contributed by atoms with Crippen molar-refractivity contribution in [3.05, 3.63) is 93.2 Å². The van der Waals surface area contributed by atoms with E-state index in [1.165, 1.54) is 39.9 Å². The smallest absolute Gasteiger partial charge is 0.311 e. The van der Waals surface area contributed by atoms with E-state index < -0.39 is 58.5 Å². The molecule has 2 aliphatic heterocycles. The molecule has 10 heteroatoms. The van der Waals surface area contributed by atoms with E-state index in [1.54, 1.807) is 13.0 Å². The number of hydrogen-bond donors (Lipinski definition) is 0. The third kappa shape index (κ3) is 3.86. The second-order valence-corrected chi connectivity index (χ2v) is 8.83. The quantitative estimate of drug-likeness (QED) is 0.499. The van der Waals surface area contributed by atoms with Gasteiger partial charge in [0.05, 0.1) is 18.3 Å². The lowest BCUT2D eigenvalue weighted by molar-refractivity contribution is -0.134. The minimum absolute atomic E-state index is 0.0361. The Kier molecular flexibility index (Phi) is 6.11. The number of amides is 1. The molecule has 36 heavy (non-hydrogen) atoms. The van der Waals surface area contributed by atoms with Gasteiger partial charge in [-0.1, -0.05) is 31.2 Å². The molecule has 0 radical (unpaired) electrons. The zero-order valence-corrected chi connectivity index (χ0v) is 19.3. The van der Waals surface area contributed by atoms with E-state index in [1.807, 2.05) is 0 Å². The van der Waals surface area contributed by atoms with Crippen LogP contribution in [0.15, 0.2) is 53.5 Å². The molecule has 2 aromatic carbocycles. The molecule has 1 fully saturated rings. The zero-order chi connectivity index (χ0) is 25.6. The average Bonchev–Trinajstić information content (AvgIpc) is 3.35. The number of esters is 1. The maximum atomic E-state index is 15.3. The fourth-order valence-electron chi connectivity index (χ4n) is 5.24. The highest BCUT2D eigenvalue weighted by molar-refractivity contribution is 5.97. The molecule has 3 aromatic rings. The number of ether oxygens (including phenoxy) is 1. The molecule has 0 N–H and O–H groups in total. The first-order chi connectivity index (χ1) is 17.3. The molecule has 1 saturated heterocycles. The number of carbonyl (C=O) groups excluding carboxylic acids is 2. The van der Waals surface area contributed by atoms with Crippen LogP contribution in [0, 0.1) is 17.5 Å². The zero-order valence-electron chi connectivity index (χ0n) is 19.3. The topological polar surface area (TPSA) is 81.5 Å². The molecular formula is C26H22F3N3O4. The van der Waals surface area contributed by atoms with Crippen LogP contribution < -0.4 is 10.2 Å². The van der Waals surface area contributed by atoms with Crippen LogP contribution in [0.2, 0.25) is 0 Å². The first kappa shape index (κ1) is 23.8. The van der Waals surface area contributed by atoms with Gasteiger partial charge in [-0.05, 0) is 36.6 Å². The maximum absolute atomic E-state index is 15.3. The molecule has 3 atom stereocenters. The summed E-state index contributed by atoms with van der Waals surface area (Å²) in [5.74, 6) is -5.46. The number of rotatable bonds is 5. The molecule has 0 unspecified atom stereocenters. The van der Waals surface area contributed by atoms with Crippen molar-refractivity contribution < 1.29 is 27.5 Å². The molecule has 0 spiro atoms. The van der Waals surface area contributed by atoms with Gasteiger partial charge in [0.1, 0.15) is 5.82 Å². The van der Waals surface area contributed by atoms with E-state index in [4.69, 9.17) is 4.74 Å². The van der Waals surface area contributed by atoms with Crippen molar-refractivity contribution >= 4 is 11.9 Å². The summed E-state index contributed by atoms with van der Waals surface area (Å²) in [5.41, 5.74) is -0.715. The van der Waals surface area contributed by atoms with E-state index in [2.05, 4.69) is 5.10 Å². The van der Waals surface area contributed by atoms with E-state index in [9.17, 15) is 23.2 Å². The van der Waals surface area contributed by atoms with Gasteiger partial charge in [-0.3, -0.25) is 14.4 Å². The fourth-order valence-corrected chi connectivity index (χ4v) is 5.24. The third-order valence-electron chi connectivity index (χ3n) is 6.78. The maximum Gasteiger partial charge on any atom is 0.311 e. The Labute approximate surface area is 204 Å². The van der Waals surface area contributed by atoms with Gasteiger partial charge in [0.2, 0.25) is 11.2 Å². The predicted molar refractivity (Wildman–Crippen MR) is 122 cm³/mol. The highest BCUT2D eigenvalue weighted by Crippen LogP contribution is 2.46. The van der Waals surface area contributed by atoms with Crippen molar-refractivity contribution in [1.29, 1.82) is 0 Å². The lowest BCUT2D eigenvalue weighted by Gasteiger charge is -2.42. The lowest BCUT2D eigenvalue weighted by Crippen LogP contribution is -2.51. The fraction of sp³-hybridized carbons (Fsp3) is 0.308. The average molecular weight is 497 g/mol. The first-order valence-corrected chi connectivity index (χ1v) is 11.6. The number of fused-ring (bicyclic) bond motifs is 2. The van der Waals surface area contributed by atoms with Gasteiger partial charge >= 0.3 is 5.97 Å². The Bertz CT molecular complexity index is 1420. The Morgan fingerprint density at radius 3 is 2.69 bits per heavy atom. The molecule has 3 heterocycles. The van der Waals surface area contributed by atoms with Crippen molar-refractivity contribution in [2.45, 2.75) is 44.2 Å². The lowest BCUT2D eigenvalue weighted by atomic mass is 9.79. The molecular weight excluding hydrogens is 475 g/mol. The highest BCUT2D eigenvalue weighted by Gasteiger charge is 2.49. The van der Waals surface area contributed by atoms with Crippen LogP contribution in [0.5, 0.6) is 5.75 Å². The van der Waals surface area contributed by atoms with Crippen molar-refractivity contribution in [3.63, 3.8) is 0 Å². The van der Waals surface area contributed by atoms with Crippen LogP contribution in [0.3, 0.4) is 0 Å². The molecule has 1 amide bonds. The van der Waals surface area contributed by atoms with Crippen LogP contribution in [0.1, 0.15) is 59.8 Å². The number of hydrogen-bond acceptors (Lipinski definition) is 5. The summed E-state index contributed by atoms with van der Waals surface area (Å²) >= 11 is 0. The molecule has 7 nitrogen and oxygen atoms in total. The summed E-state index contributed by atoms with van der Waals surface area (Å²) in [7, 11) is 0. The van der Waals surface area contributed by atoms with Crippen molar-refractivity contribution in [2.24, 2.45) is 0 Å². The molecule has 1 aromatic heterocycles. The number of nitrogens with zero attached hydrogens (tertiary/aromatic N) is 3. The van der Waals surface area contributed by atoms with Crippen molar-refractivity contribution in [1.82, 2.24) is 14.7 Å². The van der Waals surface area contributed by atoms with Gasteiger partial charge in [0.15, 0.2) is 17.3 Å². The number of carbonyl (C=O) groups is 2. The van der Waals surface area contributed by atoms with Gasteiger partial charge < -0.3 is 9.64 Å². The molecule has 0 saturated carbocycles. The summed E-state index contributed by atoms with van der Waals surface area (Å²) in [6, 6.07) is 7.91. The van der Waals surface area contributed by atoms with Gasteiger partial charge in [-0.25, -0.2) is 17.9 Å².